The van der Waals surface area contributed by atoms with Crippen LogP contribution in [0.4, 0.5) is 10.5 Å². The van der Waals surface area contributed by atoms with Crippen molar-refractivity contribution >= 4 is 33.3 Å². The number of likely N-dealkylation sites (tertiary alicyclic amines) is 1. The fourth-order valence-corrected chi connectivity index (χ4v) is 4.17. The van der Waals surface area contributed by atoms with E-state index in [4.69, 9.17) is 9.47 Å². The van der Waals surface area contributed by atoms with Crippen molar-refractivity contribution in [3.63, 3.8) is 0 Å². The minimum absolute atomic E-state index is 0.0591. The Bertz CT molecular complexity index is 980. The fraction of sp³-hybridized carbons (Fsp3) is 0.333. The molecule has 0 aliphatic carbocycles. The van der Waals surface area contributed by atoms with Crippen molar-refractivity contribution in [3.8, 4) is 10.9 Å². The standard InChI is InChI=1S/C21H23N3O3S/c1-14-4-3-5-15(12-14)22-20(25)24-10-8-16(9-11-24)27-21-23-18-13-17(26-2)6-7-19(18)28-21/h3-7,12-13,16H,8-11H2,1-2H3,(H,22,25). The van der Waals surface area contributed by atoms with Crippen LogP contribution in [0.25, 0.3) is 10.2 Å². The van der Waals surface area contributed by atoms with Crippen LogP contribution in [0.2, 0.25) is 0 Å². The number of urea groups is 1. The van der Waals surface area contributed by atoms with Crippen molar-refractivity contribution in [3.05, 3.63) is 48.0 Å². The number of ether oxygens (including phenoxy) is 2. The predicted molar refractivity (Wildman–Crippen MR) is 112 cm³/mol. The molecule has 0 saturated carbocycles. The van der Waals surface area contributed by atoms with Crippen LogP contribution in [-0.4, -0.2) is 42.2 Å². The number of hydrogen-bond acceptors (Lipinski definition) is 5. The van der Waals surface area contributed by atoms with Gasteiger partial charge < -0.3 is 19.7 Å². The van der Waals surface area contributed by atoms with Crippen molar-refractivity contribution in [1.82, 2.24) is 9.88 Å². The first-order valence-corrected chi connectivity index (χ1v) is 10.2. The maximum Gasteiger partial charge on any atom is 0.321 e. The highest BCUT2D eigenvalue weighted by atomic mass is 32.1. The lowest BCUT2D eigenvalue weighted by atomic mass is 10.1. The third kappa shape index (κ3) is 4.20. The number of piperidine rings is 1. The quantitative estimate of drug-likeness (QED) is 0.694. The van der Waals surface area contributed by atoms with Crippen molar-refractivity contribution in [2.75, 3.05) is 25.5 Å². The molecule has 2 aromatic carbocycles. The van der Waals surface area contributed by atoms with Gasteiger partial charge in [-0.05, 0) is 36.8 Å². The summed E-state index contributed by atoms with van der Waals surface area (Å²) in [6.07, 6.45) is 1.66. The predicted octanol–water partition coefficient (Wildman–Crippen LogP) is 4.69. The van der Waals surface area contributed by atoms with Gasteiger partial charge in [-0.3, -0.25) is 0 Å². The molecule has 6 nitrogen and oxygen atoms in total. The van der Waals surface area contributed by atoms with Gasteiger partial charge in [0.25, 0.3) is 5.19 Å². The number of carbonyl (C=O) groups excluding carboxylic acids is 1. The van der Waals surface area contributed by atoms with Gasteiger partial charge in [-0.2, -0.15) is 0 Å². The molecule has 3 aromatic rings. The Hall–Kier alpha value is -2.80. The van der Waals surface area contributed by atoms with Crippen LogP contribution in [0.15, 0.2) is 42.5 Å². The lowest BCUT2D eigenvalue weighted by molar-refractivity contribution is 0.115. The number of fused-ring (bicyclic) bond motifs is 1. The first-order valence-electron chi connectivity index (χ1n) is 9.34. The Balaban J connectivity index is 1.32. The Morgan fingerprint density at radius 1 is 1.21 bits per heavy atom. The van der Waals surface area contributed by atoms with Crippen LogP contribution in [0, 0.1) is 6.92 Å². The Morgan fingerprint density at radius 3 is 2.79 bits per heavy atom. The van der Waals surface area contributed by atoms with Gasteiger partial charge in [-0.1, -0.05) is 23.5 Å². The maximum atomic E-state index is 12.5. The zero-order chi connectivity index (χ0) is 19.5. The first kappa shape index (κ1) is 18.6. The fourth-order valence-electron chi connectivity index (χ4n) is 3.31. The van der Waals surface area contributed by atoms with Crippen molar-refractivity contribution < 1.29 is 14.3 Å². The van der Waals surface area contributed by atoms with Crippen LogP contribution >= 0.6 is 11.3 Å². The van der Waals surface area contributed by atoms with Gasteiger partial charge in [0.05, 0.1) is 17.3 Å². The number of methoxy groups -OCH3 is 1. The summed E-state index contributed by atoms with van der Waals surface area (Å²) >= 11 is 1.54. The SMILES string of the molecule is COc1ccc2sc(OC3CCN(C(=O)Nc4cccc(C)c4)CC3)nc2c1. The van der Waals surface area contributed by atoms with Crippen LogP contribution < -0.4 is 14.8 Å². The monoisotopic (exact) mass is 397 g/mol. The van der Waals surface area contributed by atoms with E-state index in [2.05, 4.69) is 10.3 Å². The molecule has 0 bridgehead atoms. The second-order valence-corrected chi connectivity index (χ2v) is 7.91. The smallest absolute Gasteiger partial charge is 0.321 e. The van der Waals surface area contributed by atoms with Gasteiger partial charge in [0.1, 0.15) is 11.9 Å². The highest BCUT2D eigenvalue weighted by molar-refractivity contribution is 7.20. The molecule has 0 radical (unpaired) electrons. The number of hydrogen-bond donors (Lipinski definition) is 1. The summed E-state index contributed by atoms with van der Waals surface area (Å²) in [6.45, 7) is 3.35. The molecule has 0 atom stereocenters. The number of benzene rings is 2. The normalized spacial score (nSPS) is 14.9. The molecule has 1 fully saturated rings. The Labute approximate surface area is 168 Å². The molecule has 146 valence electrons. The number of amides is 2. The average molecular weight is 398 g/mol. The van der Waals surface area contributed by atoms with Crippen LogP contribution in [0.1, 0.15) is 18.4 Å². The van der Waals surface area contributed by atoms with Gasteiger partial charge in [-0.15, -0.1) is 0 Å². The number of rotatable bonds is 4. The highest BCUT2D eigenvalue weighted by Gasteiger charge is 2.25. The van der Waals surface area contributed by atoms with Gasteiger partial charge in [0, 0.05) is 37.7 Å². The number of aromatic nitrogens is 1. The average Bonchev–Trinajstić information content (AvgIpc) is 3.09. The van der Waals surface area contributed by atoms with E-state index in [1.807, 2.05) is 54.3 Å². The number of aryl methyl sites for hydroxylation is 1. The largest absolute Gasteiger partial charge is 0.497 e. The van der Waals surface area contributed by atoms with E-state index in [0.29, 0.717) is 18.3 Å². The van der Waals surface area contributed by atoms with Crippen molar-refractivity contribution in [2.24, 2.45) is 0 Å². The zero-order valence-corrected chi connectivity index (χ0v) is 16.8. The zero-order valence-electron chi connectivity index (χ0n) is 16.0. The minimum atomic E-state index is -0.0591. The maximum absolute atomic E-state index is 12.5. The highest BCUT2D eigenvalue weighted by Crippen LogP contribution is 2.32. The molecule has 2 heterocycles. The van der Waals surface area contributed by atoms with Crippen molar-refractivity contribution in [2.45, 2.75) is 25.9 Å². The molecule has 4 rings (SSSR count). The number of nitrogens with zero attached hydrogens (tertiary/aromatic N) is 2. The van der Waals surface area contributed by atoms with Crippen molar-refractivity contribution in [1.29, 1.82) is 0 Å². The summed E-state index contributed by atoms with van der Waals surface area (Å²) < 4.78 is 12.4. The summed E-state index contributed by atoms with van der Waals surface area (Å²) in [5.41, 5.74) is 2.83. The number of nitrogens with one attached hydrogen (secondary N) is 1. The van der Waals surface area contributed by atoms with E-state index in [0.717, 1.165) is 40.1 Å². The third-order valence-electron chi connectivity index (χ3n) is 4.84. The molecule has 0 spiro atoms. The van der Waals surface area contributed by atoms with Gasteiger partial charge in [-0.25, -0.2) is 9.78 Å². The van der Waals surface area contributed by atoms with E-state index >= 15 is 0 Å². The third-order valence-corrected chi connectivity index (χ3v) is 5.77. The van der Waals surface area contributed by atoms with Crippen LogP contribution in [-0.2, 0) is 0 Å². The Morgan fingerprint density at radius 2 is 2.04 bits per heavy atom. The first-order chi connectivity index (χ1) is 13.6. The van der Waals surface area contributed by atoms with Crippen LogP contribution in [0.5, 0.6) is 10.9 Å². The molecule has 1 aliphatic rings. The molecule has 1 aromatic heterocycles. The number of carbonyl (C=O) groups is 1. The number of thiazole rings is 1. The van der Waals surface area contributed by atoms with E-state index < -0.39 is 0 Å². The van der Waals surface area contributed by atoms with E-state index in [1.54, 1.807) is 7.11 Å². The van der Waals surface area contributed by atoms with Gasteiger partial charge >= 0.3 is 6.03 Å². The topological polar surface area (TPSA) is 63.7 Å². The molecule has 7 heteroatoms. The summed E-state index contributed by atoms with van der Waals surface area (Å²) in [5, 5.41) is 3.64. The second-order valence-electron chi connectivity index (χ2n) is 6.92. The summed E-state index contributed by atoms with van der Waals surface area (Å²) in [5.74, 6) is 0.789. The molecule has 1 saturated heterocycles. The summed E-state index contributed by atoms with van der Waals surface area (Å²) in [6, 6.07) is 13.6. The van der Waals surface area contributed by atoms with E-state index in [9.17, 15) is 4.79 Å². The van der Waals surface area contributed by atoms with E-state index in [1.165, 1.54) is 11.3 Å². The summed E-state index contributed by atoms with van der Waals surface area (Å²) in [4.78, 5) is 18.9. The lowest BCUT2D eigenvalue weighted by Crippen LogP contribution is -2.43. The Kier molecular flexibility index (Phi) is 5.34. The van der Waals surface area contributed by atoms with E-state index in [-0.39, 0.29) is 12.1 Å². The molecular weight excluding hydrogens is 374 g/mol. The molecule has 28 heavy (non-hydrogen) atoms. The lowest BCUT2D eigenvalue weighted by Gasteiger charge is -2.31. The molecule has 1 aliphatic heterocycles. The summed E-state index contributed by atoms with van der Waals surface area (Å²) in [7, 11) is 1.65. The van der Waals surface area contributed by atoms with Crippen LogP contribution in [0.3, 0.4) is 0 Å². The second kappa shape index (κ2) is 8.06. The van der Waals surface area contributed by atoms with Gasteiger partial charge in [0.15, 0.2) is 0 Å². The molecule has 2 amide bonds. The molecular formula is C21H23N3O3S. The number of anilines is 1. The van der Waals surface area contributed by atoms with Gasteiger partial charge in [0.2, 0.25) is 0 Å². The molecule has 1 N–H and O–H groups in total. The molecule has 0 unspecified atom stereocenters. The minimum Gasteiger partial charge on any atom is -0.497 e.